The van der Waals surface area contributed by atoms with E-state index >= 15 is 0 Å². The van der Waals surface area contributed by atoms with Crippen molar-refractivity contribution >= 4 is 15.7 Å². The number of sulfonamides is 1. The van der Waals surface area contributed by atoms with E-state index < -0.39 is 10.0 Å². The van der Waals surface area contributed by atoms with E-state index in [-0.39, 0.29) is 11.4 Å². The van der Waals surface area contributed by atoms with Crippen molar-refractivity contribution in [3.63, 3.8) is 0 Å². The topological polar surface area (TPSA) is 76.5 Å². The molecule has 0 saturated heterocycles. The van der Waals surface area contributed by atoms with E-state index in [0.717, 1.165) is 11.1 Å². The Morgan fingerprint density at radius 3 is 2.63 bits per heavy atom. The van der Waals surface area contributed by atoms with Gasteiger partial charge in [0.25, 0.3) is 0 Å². The lowest BCUT2D eigenvalue weighted by atomic mass is 10.2. The molecule has 0 aliphatic rings. The number of aryl methyl sites for hydroxylation is 1. The van der Waals surface area contributed by atoms with E-state index in [4.69, 9.17) is 10.2 Å². The number of anilines is 1. The van der Waals surface area contributed by atoms with Crippen LogP contribution in [0.15, 0.2) is 46.1 Å². The second-order valence-corrected chi connectivity index (χ2v) is 6.46. The third-order valence-corrected chi connectivity index (χ3v) is 4.73. The zero-order valence-electron chi connectivity index (χ0n) is 10.8. The lowest BCUT2D eigenvalue weighted by Crippen LogP contribution is -2.26. The van der Waals surface area contributed by atoms with Crippen molar-refractivity contribution in [3.8, 4) is 0 Å². The van der Waals surface area contributed by atoms with Gasteiger partial charge in [-0.25, -0.2) is 8.42 Å². The molecule has 19 heavy (non-hydrogen) atoms. The van der Waals surface area contributed by atoms with Gasteiger partial charge in [0.05, 0.1) is 17.4 Å². The fourth-order valence-corrected chi connectivity index (χ4v) is 2.96. The molecule has 0 radical (unpaired) electrons. The van der Waals surface area contributed by atoms with Crippen LogP contribution in [0.5, 0.6) is 0 Å². The zero-order valence-corrected chi connectivity index (χ0v) is 11.6. The largest absolute Gasteiger partial charge is 0.472 e. The van der Waals surface area contributed by atoms with Crippen molar-refractivity contribution in [2.45, 2.75) is 18.4 Å². The van der Waals surface area contributed by atoms with Crippen molar-refractivity contribution in [1.29, 1.82) is 0 Å². The average molecular weight is 280 g/mol. The lowest BCUT2D eigenvalue weighted by Gasteiger charge is -2.17. The molecule has 2 rings (SSSR count). The SMILES string of the molecule is Cc1cc(S(=O)(=O)N(C)Cc2ccoc2)ccc1N. The van der Waals surface area contributed by atoms with Crippen molar-refractivity contribution in [2.75, 3.05) is 12.8 Å². The van der Waals surface area contributed by atoms with Crippen LogP contribution in [0.3, 0.4) is 0 Å². The summed E-state index contributed by atoms with van der Waals surface area (Å²) in [6.45, 7) is 2.05. The molecule has 102 valence electrons. The maximum Gasteiger partial charge on any atom is 0.243 e. The number of benzene rings is 1. The van der Waals surface area contributed by atoms with E-state index in [1.165, 1.54) is 29.9 Å². The molecule has 0 atom stereocenters. The molecule has 0 saturated carbocycles. The zero-order chi connectivity index (χ0) is 14.0. The van der Waals surface area contributed by atoms with Crippen molar-refractivity contribution in [2.24, 2.45) is 0 Å². The normalized spacial score (nSPS) is 11.9. The minimum atomic E-state index is -3.52. The molecule has 0 spiro atoms. The van der Waals surface area contributed by atoms with Gasteiger partial charge in [-0.15, -0.1) is 0 Å². The first kappa shape index (κ1) is 13.6. The highest BCUT2D eigenvalue weighted by Crippen LogP contribution is 2.21. The van der Waals surface area contributed by atoms with Gasteiger partial charge in [-0.3, -0.25) is 0 Å². The molecule has 0 fully saturated rings. The summed E-state index contributed by atoms with van der Waals surface area (Å²) in [5.41, 5.74) is 7.83. The van der Waals surface area contributed by atoms with Crippen LogP contribution in [0, 0.1) is 6.92 Å². The van der Waals surface area contributed by atoms with Gasteiger partial charge in [0.2, 0.25) is 10.0 Å². The number of nitrogens with zero attached hydrogens (tertiary/aromatic N) is 1. The molecule has 1 heterocycles. The number of rotatable bonds is 4. The minimum Gasteiger partial charge on any atom is -0.472 e. The number of furan rings is 1. The summed E-state index contributed by atoms with van der Waals surface area (Å²) in [6.07, 6.45) is 3.05. The summed E-state index contributed by atoms with van der Waals surface area (Å²) in [5, 5.41) is 0. The average Bonchev–Trinajstić information content (AvgIpc) is 2.85. The summed E-state index contributed by atoms with van der Waals surface area (Å²) in [7, 11) is -1.98. The van der Waals surface area contributed by atoms with Crippen molar-refractivity contribution < 1.29 is 12.8 Å². The Morgan fingerprint density at radius 2 is 2.05 bits per heavy atom. The first-order chi connectivity index (χ1) is 8.91. The molecule has 2 aromatic rings. The van der Waals surface area contributed by atoms with Gasteiger partial charge in [-0.1, -0.05) is 0 Å². The van der Waals surface area contributed by atoms with Gasteiger partial charge >= 0.3 is 0 Å². The molecular weight excluding hydrogens is 264 g/mol. The Labute approximate surface area is 112 Å². The molecule has 1 aromatic heterocycles. The third kappa shape index (κ3) is 2.80. The Morgan fingerprint density at radius 1 is 1.32 bits per heavy atom. The van der Waals surface area contributed by atoms with Gasteiger partial charge in [0.1, 0.15) is 0 Å². The molecule has 0 aliphatic carbocycles. The smallest absolute Gasteiger partial charge is 0.243 e. The molecule has 0 bridgehead atoms. The summed E-state index contributed by atoms with van der Waals surface area (Å²) < 4.78 is 31.0. The molecule has 0 amide bonds. The van der Waals surface area contributed by atoms with Crippen LogP contribution in [-0.2, 0) is 16.6 Å². The van der Waals surface area contributed by atoms with Crippen molar-refractivity contribution in [1.82, 2.24) is 4.31 Å². The molecule has 1 aromatic carbocycles. The number of nitrogens with two attached hydrogens (primary N) is 1. The standard InChI is InChI=1S/C13H16N2O3S/c1-10-7-12(3-4-13(10)14)19(16,17)15(2)8-11-5-6-18-9-11/h3-7,9H,8,14H2,1-2H3. The fraction of sp³-hybridized carbons (Fsp3) is 0.231. The van der Waals surface area contributed by atoms with Gasteiger partial charge in [0.15, 0.2) is 0 Å². The summed E-state index contributed by atoms with van der Waals surface area (Å²) in [5.74, 6) is 0. The number of hydrogen-bond acceptors (Lipinski definition) is 4. The predicted molar refractivity (Wildman–Crippen MR) is 73.0 cm³/mol. The Kier molecular flexibility index (Phi) is 3.64. The van der Waals surface area contributed by atoms with Crippen LogP contribution in [0.4, 0.5) is 5.69 Å². The highest BCUT2D eigenvalue weighted by atomic mass is 32.2. The van der Waals surface area contributed by atoms with Crippen LogP contribution in [-0.4, -0.2) is 19.8 Å². The highest BCUT2D eigenvalue weighted by Gasteiger charge is 2.21. The first-order valence-corrected chi connectivity index (χ1v) is 7.19. The van der Waals surface area contributed by atoms with E-state index in [0.29, 0.717) is 5.69 Å². The van der Waals surface area contributed by atoms with E-state index in [1.807, 2.05) is 0 Å². The monoisotopic (exact) mass is 280 g/mol. The summed E-state index contributed by atoms with van der Waals surface area (Å²) >= 11 is 0. The molecule has 2 N–H and O–H groups in total. The van der Waals surface area contributed by atoms with Gasteiger partial charge in [-0.2, -0.15) is 4.31 Å². The first-order valence-electron chi connectivity index (χ1n) is 5.75. The number of nitrogen functional groups attached to an aromatic ring is 1. The minimum absolute atomic E-state index is 0.241. The summed E-state index contributed by atoms with van der Waals surface area (Å²) in [4.78, 5) is 0.241. The van der Waals surface area contributed by atoms with Crippen LogP contribution in [0.1, 0.15) is 11.1 Å². The van der Waals surface area contributed by atoms with Crippen molar-refractivity contribution in [3.05, 3.63) is 47.9 Å². The molecule has 6 heteroatoms. The predicted octanol–water partition coefficient (Wildman–Crippen LogP) is 1.99. The Hall–Kier alpha value is -1.79. The Balaban J connectivity index is 2.28. The van der Waals surface area contributed by atoms with Gasteiger partial charge in [-0.05, 0) is 36.8 Å². The third-order valence-electron chi connectivity index (χ3n) is 2.93. The molecular formula is C13H16N2O3S. The molecule has 0 unspecified atom stereocenters. The lowest BCUT2D eigenvalue weighted by molar-refractivity contribution is 0.463. The van der Waals surface area contributed by atoms with Crippen LogP contribution in [0.2, 0.25) is 0 Å². The second-order valence-electron chi connectivity index (χ2n) is 4.41. The van der Waals surface area contributed by atoms with E-state index in [1.54, 1.807) is 25.1 Å². The molecule has 0 aliphatic heterocycles. The van der Waals surface area contributed by atoms with Crippen LogP contribution in [0.25, 0.3) is 0 Å². The van der Waals surface area contributed by atoms with Gasteiger partial charge < -0.3 is 10.2 Å². The van der Waals surface area contributed by atoms with Gasteiger partial charge in [0, 0.05) is 24.8 Å². The quantitative estimate of drug-likeness (QED) is 0.869. The van der Waals surface area contributed by atoms with E-state index in [2.05, 4.69) is 0 Å². The maximum atomic E-state index is 12.4. The van der Waals surface area contributed by atoms with Crippen LogP contribution < -0.4 is 5.73 Å². The Bertz CT molecular complexity index is 663. The fourth-order valence-electron chi connectivity index (χ4n) is 1.71. The molecule has 5 nitrogen and oxygen atoms in total. The second kappa shape index (κ2) is 5.07. The number of hydrogen-bond donors (Lipinski definition) is 1. The van der Waals surface area contributed by atoms with E-state index in [9.17, 15) is 8.42 Å². The summed E-state index contributed by atoms with van der Waals surface area (Å²) in [6, 6.07) is 6.44. The highest BCUT2D eigenvalue weighted by molar-refractivity contribution is 7.89. The van der Waals surface area contributed by atoms with Crippen LogP contribution >= 0.6 is 0 Å². The maximum absolute atomic E-state index is 12.4.